The van der Waals surface area contributed by atoms with Crippen LogP contribution in [0.1, 0.15) is 19.8 Å². The third-order valence-electron chi connectivity index (χ3n) is 3.40. The number of benzene rings is 1. The van der Waals surface area contributed by atoms with Gasteiger partial charge in [-0.1, -0.05) is 6.07 Å². The Morgan fingerprint density at radius 1 is 1.48 bits per heavy atom. The predicted octanol–water partition coefficient (Wildman–Crippen LogP) is 1.75. The summed E-state index contributed by atoms with van der Waals surface area (Å²) < 4.78 is 42.1. The summed E-state index contributed by atoms with van der Waals surface area (Å²) in [7, 11) is -3.34. The Hall–Kier alpha value is -1.63. The molecule has 1 unspecified atom stereocenters. The van der Waals surface area contributed by atoms with Crippen LogP contribution in [0.3, 0.4) is 0 Å². The summed E-state index contributed by atoms with van der Waals surface area (Å²) in [5.74, 6) is -1.36. The molecule has 21 heavy (non-hydrogen) atoms. The molecule has 2 rings (SSSR count). The second-order valence-corrected chi connectivity index (χ2v) is 7.32. The van der Waals surface area contributed by atoms with Gasteiger partial charge in [0, 0.05) is 5.69 Å². The fourth-order valence-corrected chi connectivity index (χ4v) is 4.35. The van der Waals surface area contributed by atoms with Crippen LogP contribution >= 0.6 is 0 Å². The van der Waals surface area contributed by atoms with Gasteiger partial charge in [-0.3, -0.25) is 0 Å². The molecule has 0 bridgehead atoms. The van der Waals surface area contributed by atoms with Crippen molar-refractivity contribution in [3.63, 3.8) is 0 Å². The van der Waals surface area contributed by atoms with Gasteiger partial charge in [-0.15, -0.1) is 0 Å². The number of anilines is 1. The van der Waals surface area contributed by atoms with Crippen LogP contribution in [-0.4, -0.2) is 38.0 Å². The fourth-order valence-electron chi connectivity index (χ4n) is 2.54. The largest absolute Gasteiger partial charge is 0.464 e. The third kappa shape index (κ3) is 3.72. The van der Waals surface area contributed by atoms with Crippen LogP contribution in [-0.2, 0) is 19.4 Å². The van der Waals surface area contributed by atoms with Gasteiger partial charge in [0.05, 0.1) is 18.1 Å². The lowest BCUT2D eigenvalue weighted by Gasteiger charge is -2.36. The predicted molar refractivity (Wildman–Crippen MR) is 77.3 cm³/mol. The summed E-state index contributed by atoms with van der Waals surface area (Å²) in [4.78, 5) is 12.3. The van der Waals surface area contributed by atoms with Gasteiger partial charge in [0.2, 0.25) is 0 Å². The van der Waals surface area contributed by atoms with Crippen molar-refractivity contribution in [1.82, 2.24) is 0 Å². The highest BCUT2D eigenvalue weighted by Crippen LogP contribution is 2.29. The highest BCUT2D eigenvalue weighted by molar-refractivity contribution is 7.91. The Morgan fingerprint density at radius 2 is 2.24 bits per heavy atom. The number of nitrogens with one attached hydrogen (secondary N) is 1. The molecule has 0 amide bonds. The minimum Gasteiger partial charge on any atom is -0.464 e. The van der Waals surface area contributed by atoms with Crippen molar-refractivity contribution in [2.24, 2.45) is 0 Å². The zero-order valence-corrected chi connectivity index (χ0v) is 12.6. The second kappa shape index (κ2) is 6.01. The van der Waals surface area contributed by atoms with Crippen LogP contribution < -0.4 is 5.32 Å². The molecule has 116 valence electrons. The summed E-state index contributed by atoms with van der Waals surface area (Å²) in [6.45, 7) is 1.82. The summed E-state index contributed by atoms with van der Waals surface area (Å²) >= 11 is 0. The SMILES string of the molecule is CCOC(=O)C1(Nc2cccc(F)c2)CCCS(=O)(=O)C1. The van der Waals surface area contributed by atoms with E-state index in [0.29, 0.717) is 18.5 Å². The average molecular weight is 315 g/mol. The lowest BCUT2D eigenvalue weighted by atomic mass is 9.95. The number of halogens is 1. The molecule has 1 fully saturated rings. The molecule has 1 aliphatic heterocycles. The first kappa shape index (κ1) is 15.8. The smallest absolute Gasteiger partial charge is 0.332 e. The molecule has 0 spiro atoms. The zero-order valence-electron chi connectivity index (χ0n) is 11.8. The number of rotatable bonds is 4. The van der Waals surface area contributed by atoms with E-state index in [4.69, 9.17) is 4.74 Å². The minimum absolute atomic E-state index is 0.0545. The van der Waals surface area contributed by atoms with Crippen molar-refractivity contribution < 1.29 is 22.3 Å². The zero-order chi connectivity index (χ0) is 15.5. The van der Waals surface area contributed by atoms with Gasteiger partial charge in [0.25, 0.3) is 0 Å². The molecule has 0 aromatic heterocycles. The molecule has 1 heterocycles. The number of hydrogen-bond donors (Lipinski definition) is 1. The van der Waals surface area contributed by atoms with Crippen LogP contribution in [0.25, 0.3) is 0 Å². The van der Waals surface area contributed by atoms with Gasteiger partial charge >= 0.3 is 5.97 Å². The second-order valence-electron chi connectivity index (χ2n) is 5.13. The van der Waals surface area contributed by atoms with Gasteiger partial charge in [-0.2, -0.15) is 0 Å². The first-order valence-electron chi connectivity index (χ1n) is 6.78. The van der Waals surface area contributed by atoms with Crippen molar-refractivity contribution in [3.8, 4) is 0 Å². The first-order chi connectivity index (χ1) is 9.87. The van der Waals surface area contributed by atoms with Gasteiger partial charge in [0.15, 0.2) is 9.84 Å². The van der Waals surface area contributed by atoms with Crippen molar-refractivity contribution in [2.75, 3.05) is 23.4 Å². The normalized spacial score (nSPS) is 24.3. The lowest BCUT2D eigenvalue weighted by molar-refractivity contribution is -0.148. The van der Waals surface area contributed by atoms with E-state index in [1.807, 2.05) is 0 Å². The number of ether oxygens (including phenoxy) is 1. The van der Waals surface area contributed by atoms with Crippen LogP contribution in [0.4, 0.5) is 10.1 Å². The van der Waals surface area contributed by atoms with Gasteiger partial charge in [-0.25, -0.2) is 17.6 Å². The van der Waals surface area contributed by atoms with E-state index in [-0.39, 0.29) is 18.1 Å². The van der Waals surface area contributed by atoms with E-state index in [9.17, 15) is 17.6 Å². The highest BCUT2D eigenvalue weighted by Gasteiger charge is 2.46. The number of sulfone groups is 1. The molecule has 0 saturated carbocycles. The monoisotopic (exact) mass is 315 g/mol. The van der Waals surface area contributed by atoms with Crippen molar-refractivity contribution >= 4 is 21.5 Å². The summed E-state index contributed by atoms with van der Waals surface area (Å²) in [6, 6.07) is 5.58. The fraction of sp³-hybridized carbons (Fsp3) is 0.500. The standard InChI is InChI=1S/C14H18FNO4S/c1-2-20-13(17)14(7-4-8-21(18,19)10-14)16-12-6-3-5-11(15)9-12/h3,5-6,9,16H,2,4,7-8,10H2,1H3. The summed E-state index contributed by atoms with van der Waals surface area (Å²) in [5, 5.41) is 2.88. The van der Waals surface area contributed by atoms with Gasteiger partial charge < -0.3 is 10.1 Å². The van der Waals surface area contributed by atoms with E-state index in [0.717, 1.165) is 0 Å². The molecule has 1 saturated heterocycles. The Labute approximate surface area is 123 Å². The van der Waals surface area contributed by atoms with Crippen LogP contribution in [0.15, 0.2) is 24.3 Å². The molecule has 1 aliphatic rings. The van der Waals surface area contributed by atoms with Crippen LogP contribution in [0.5, 0.6) is 0 Å². The van der Waals surface area contributed by atoms with Crippen molar-refractivity contribution in [1.29, 1.82) is 0 Å². The number of esters is 1. The molecule has 1 atom stereocenters. The van der Waals surface area contributed by atoms with E-state index in [2.05, 4.69) is 5.32 Å². The third-order valence-corrected chi connectivity index (χ3v) is 5.24. The molecule has 1 aromatic carbocycles. The molecule has 0 aliphatic carbocycles. The molecular weight excluding hydrogens is 297 g/mol. The maximum atomic E-state index is 13.3. The Kier molecular flexibility index (Phi) is 4.51. The molecule has 5 nitrogen and oxygen atoms in total. The first-order valence-corrected chi connectivity index (χ1v) is 8.60. The van der Waals surface area contributed by atoms with Crippen molar-refractivity contribution in [3.05, 3.63) is 30.1 Å². The summed E-state index contributed by atoms with van der Waals surface area (Å²) in [5.41, 5.74) is -0.985. The van der Waals surface area contributed by atoms with Gasteiger partial charge in [0.1, 0.15) is 11.4 Å². The number of carbonyl (C=O) groups excluding carboxylic acids is 1. The summed E-state index contributed by atoms with van der Waals surface area (Å²) in [6.07, 6.45) is 0.699. The Morgan fingerprint density at radius 3 is 2.86 bits per heavy atom. The molecule has 1 N–H and O–H groups in total. The lowest BCUT2D eigenvalue weighted by Crippen LogP contribution is -2.55. The maximum absolute atomic E-state index is 13.3. The quantitative estimate of drug-likeness (QED) is 0.857. The molecule has 0 radical (unpaired) electrons. The van der Waals surface area contributed by atoms with Gasteiger partial charge in [-0.05, 0) is 38.0 Å². The van der Waals surface area contributed by atoms with E-state index in [1.165, 1.54) is 18.2 Å². The topological polar surface area (TPSA) is 72.5 Å². The Balaban J connectivity index is 2.34. The van der Waals surface area contributed by atoms with Crippen LogP contribution in [0.2, 0.25) is 0 Å². The minimum atomic E-state index is -3.34. The number of hydrogen-bond acceptors (Lipinski definition) is 5. The molecule has 1 aromatic rings. The molecular formula is C14H18FNO4S. The Bertz CT molecular complexity index is 632. The van der Waals surface area contributed by atoms with Crippen molar-refractivity contribution in [2.45, 2.75) is 25.3 Å². The van der Waals surface area contributed by atoms with Crippen LogP contribution in [0, 0.1) is 5.82 Å². The average Bonchev–Trinajstić information content (AvgIpc) is 2.37. The molecule has 7 heteroatoms. The van der Waals surface area contributed by atoms with E-state index < -0.39 is 27.2 Å². The highest BCUT2D eigenvalue weighted by atomic mass is 32.2. The van der Waals surface area contributed by atoms with E-state index in [1.54, 1.807) is 13.0 Å². The maximum Gasteiger partial charge on any atom is 0.332 e. The van der Waals surface area contributed by atoms with E-state index >= 15 is 0 Å². The number of carbonyl (C=O) groups is 1.